The Kier molecular flexibility index (Phi) is 4.43. The van der Waals surface area contributed by atoms with Crippen molar-refractivity contribution < 1.29 is 14.6 Å². The van der Waals surface area contributed by atoms with Crippen LogP contribution in [0.5, 0.6) is 5.75 Å². The van der Waals surface area contributed by atoms with Gasteiger partial charge in [-0.05, 0) is 43.9 Å². The van der Waals surface area contributed by atoms with Gasteiger partial charge in [-0.15, -0.1) is 0 Å². The molecule has 1 aliphatic rings. The second kappa shape index (κ2) is 6.06. The average molecular weight is 263 g/mol. The van der Waals surface area contributed by atoms with Crippen LogP contribution in [0, 0.1) is 13.8 Å². The van der Waals surface area contributed by atoms with Gasteiger partial charge in [0, 0.05) is 12.6 Å². The lowest BCUT2D eigenvalue weighted by atomic mass is 10.1. The highest BCUT2D eigenvalue weighted by atomic mass is 16.5. The van der Waals surface area contributed by atoms with Crippen molar-refractivity contribution in [2.45, 2.75) is 32.7 Å². The highest BCUT2D eigenvalue weighted by Crippen LogP contribution is 2.27. The van der Waals surface area contributed by atoms with Gasteiger partial charge in [-0.3, -0.25) is 4.79 Å². The van der Waals surface area contributed by atoms with E-state index in [1.54, 1.807) is 4.90 Å². The summed E-state index contributed by atoms with van der Waals surface area (Å²) in [7, 11) is 0. The van der Waals surface area contributed by atoms with Gasteiger partial charge in [0.05, 0.1) is 6.61 Å². The molecule has 0 aromatic heterocycles. The predicted octanol–water partition coefficient (Wildman–Crippen LogP) is 1.67. The van der Waals surface area contributed by atoms with Crippen molar-refractivity contribution in [2.75, 3.05) is 19.8 Å². The first-order valence-corrected chi connectivity index (χ1v) is 6.73. The maximum absolute atomic E-state index is 12.1. The lowest BCUT2D eigenvalue weighted by Crippen LogP contribution is -2.38. The van der Waals surface area contributed by atoms with Crippen LogP contribution in [-0.4, -0.2) is 41.7 Å². The zero-order valence-corrected chi connectivity index (χ0v) is 11.6. The molecule has 0 radical (unpaired) electrons. The van der Waals surface area contributed by atoms with Crippen molar-refractivity contribution in [2.24, 2.45) is 0 Å². The molecule has 2 rings (SSSR count). The Morgan fingerprint density at radius 1 is 1.42 bits per heavy atom. The number of carbonyl (C=O) groups excluding carboxylic acids is 1. The van der Waals surface area contributed by atoms with Gasteiger partial charge in [0.2, 0.25) is 0 Å². The fraction of sp³-hybridized carbons (Fsp3) is 0.533. The van der Waals surface area contributed by atoms with Crippen molar-refractivity contribution in [1.29, 1.82) is 0 Å². The van der Waals surface area contributed by atoms with Crippen LogP contribution in [0.15, 0.2) is 18.2 Å². The Morgan fingerprint density at radius 3 is 2.79 bits per heavy atom. The second-order valence-corrected chi connectivity index (χ2v) is 5.03. The normalized spacial score (nSPS) is 14.3. The van der Waals surface area contributed by atoms with Gasteiger partial charge >= 0.3 is 0 Å². The van der Waals surface area contributed by atoms with Crippen LogP contribution in [-0.2, 0) is 4.79 Å². The number of ether oxygens (including phenoxy) is 1. The molecule has 0 spiro atoms. The quantitative estimate of drug-likeness (QED) is 0.849. The molecule has 19 heavy (non-hydrogen) atoms. The van der Waals surface area contributed by atoms with Crippen LogP contribution >= 0.6 is 0 Å². The Bertz CT molecular complexity index is 455. The molecule has 1 saturated carbocycles. The number of benzene rings is 1. The molecule has 0 heterocycles. The molecule has 104 valence electrons. The number of carbonyl (C=O) groups is 1. The van der Waals surface area contributed by atoms with Gasteiger partial charge in [-0.25, -0.2) is 0 Å². The van der Waals surface area contributed by atoms with Crippen molar-refractivity contribution in [1.82, 2.24) is 4.90 Å². The Balaban J connectivity index is 1.93. The smallest absolute Gasteiger partial charge is 0.260 e. The molecule has 0 atom stereocenters. The topological polar surface area (TPSA) is 49.8 Å². The van der Waals surface area contributed by atoms with Crippen LogP contribution < -0.4 is 4.74 Å². The van der Waals surface area contributed by atoms with Crippen LogP contribution in [0.3, 0.4) is 0 Å². The SMILES string of the molecule is Cc1cccc(OCC(=O)N(CCO)C2CC2)c1C. The Morgan fingerprint density at radius 2 is 2.16 bits per heavy atom. The second-order valence-electron chi connectivity index (χ2n) is 5.03. The number of aliphatic hydroxyl groups is 1. The number of amides is 1. The van der Waals surface area contributed by atoms with Crippen molar-refractivity contribution in [3.63, 3.8) is 0 Å². The van der Waals surface area contributed by atoms with E-state index in [4.69, 9.17) is 9.84 Å². The zero-order chi connectivity index (χ0) is 13.8. The summed E-state index contributed by atoms with van der Waals surface area (Å²) in [4.78, 5) is 13.8. The first-order valence-electron chi connectivity index (χ1n) is 6.73. The lowest BCUT2D eigenvalue weighted by Gasteiger charge is -2.21. The summed E-state index contributed by atoms with van der Waals surface area (Å²) < 4.78 is 5.61. The highest BCUT2D eigenvalue weighted by Gasteiger charge is 2.32. The largest absolute Gasteiger partial charge is 0.483 e. The van der Waals surface area contributed by atoms with Gasteiger partial charge in [-0.1, -0.05) is 12.1 Å². The van der Waals surface area contributed by atoms with E-state index in [0.29, 0.717) is 12.6 Å². The van der Waals surface area contributed by atoms with Crippen molar-refractivity contribution in [3.8, 4) is 5.75 Å². The third-order valence-corrected chi connectivity index (χ3v) is 3.55. The zero-order valence-electron chi connectivity index (χ0n) is 11.6. The van der Waals surface area contributed by atoms with E-state index in [9.17, 15) is 4.79 Å². The molecule has 1 N–H and O–H groups in total. The number of hydrogen-bond acceptors (Lipinski definition) is 3. The molecule has 0 aliphatic heterocycles. The summed E-state index contributed by atoms with van der Waals surface area (Å²) in [6.45, 7) is 4.46. The summed E-state index contributed by atoms with van der Waals surface area (Å²) in [6, 6.07) is 6.13. The van der Waals surface area contributed by atoms with Crippen molar-refractivity contribution >= 4 is 5.91 Å². The Hall–Kier alpha value is -1.55. The third-order valence-electron chi connectivity index (χ3n) is 3.55. The monoisotopic (exact) mass is 263 g/mol. The fourth-order valence-electron chi connectivity index (χ4n) is 2.11. The minimum Gasteiger partial charge on any atom is -0.483 e. The number of hydrogen-bond donors (Lipinski definition) is 1. The highest BCUT2D eigenvalue weighted by molar-refractivity contribution is 5.78. The first kappa shape index (κ1) is 13.9. The standard InChI is InChI=1S/C15H21NO3/c1-11-4-3-5-14(12(11)2)19-10-15(18)16(8-9-17)13-6-7-13/h3-5,13,17H,6-10H2,1-2H3. The molecule has 0 bridgehead atoms. The molecule has 1 aromatic carbocycles. The third kappa shape index (κ3) is 3.47. The predicted molar refractivity (Wildman–Crippen MR) is 73.2 cm³/mol. The fourth-order valence-corrected chi connectivity index (χ4v) is 2.11. The van der Waals surface area contributed by atoms with Crippen LogP contribution in [0.1, 0.15) is 24.0 Å². The molecule has 0 unspecified atom stereocenters. The van der Waals surface area contributed by atoms with E-state index in [2.05, 4.69) is 0 Å². The van der Waals surface area contributed by atoms with Gasteiger partial charge in [-0.2, -0.15) is 0 Å². The van der Waals surface area contributed by atoms with E-state index in [-0.39, 0.29) is 19.1 Å². The molecule has 1 fully saturated rings. The van der Waals surface area contributed by atoms with Crippen molar-refractivity contribution in [3.05, 3.63) is 29.3 Å². The average Bonchev–Trinajstić information content (AvgIpc) is 3.21. The molecule has 4 heteroatoms. The maximum atomic E-state index is 12.1. The molecule has 1 aromatic rings. The van der Waals surface area contributed by atoms with Gasteiger partial charge in [0.25, 0.3) is 5.91 Å². The molecule has 4 nitrogen and oxygen atoms in total. The van der Waals surface area contributed by atoms with E-state index < -0.39 is 0 Å². The molecule has 1 amide bonds. The van der Waals surface area contributed by atoms with E-state index in [0.717, 1.165) is 29.7 Å². The number of aryl methyl sites for hydroxylation is 1. The van der Waals surface area contributed by atoms with E-state index in [1.807, 2.05) is 32.0 Å². The molecule has 0 saturated heterocycles. The lowest BCUT2D eigenvalue weighted by molar-refractivity contribution is -0.134. The van der Waals surface area contributed by atoms with Gasteiger partial charge < -0.3 is 14.7 Å². The first-order chi connectivity index (χ1) is 9.13. The number of aliphatic hydroxyl groups excluding tert-OH is 1. The van der Waals surface area contributed by atoms with Crippen LogP contribution in [0.2, 0.25) is 0 Å². The van der Waals surface area contributed by atoms with E-state index in [1.165, 1.54) is 0 Å². The molecular formula is C15H21NO3. The van der Waals surface area contributed by atoms with Crippen LogP contribution in [0.25, 0.3) is 0 Å². The number of nitrogens with zero attached hydrogens (tertiary/aromatic N) is 1. The molecule has 1 aliphatic carbocycles. The van der Waals surface area contributed by atoms with Crippen LogP contribution in [0.4, 0.5) is 0 Å². The minimum absolute atomic E-state index is 0.00567. The Labute approximate surface area is 114 Å². The summed E-state index contributed by atoms with van der Waals surface area (Å²) >= 11 is 0. The maximum Gasteiger partial charge on any atom is 0.260 e. The van der Waals surface area contributed by atoms with Gasteiger partial charge in [0.1, 0.15) is 5.75 Å². The van der Waals surface area contributed by atoms with E-state index >= 15 is 0 Å². The minimum atomic E-state index is -0.0440. The number of rotatable bonds is 6. The molecular weight excluding hydrogens is 242 g/mol. The van der Waals surface area contributed by atoms with Gasteiger partial charge in [0.15, 0.2) is 6.61 Å². The summed E-state index contributed by atoms with van der Waals surface area (Å²) in [6.07, 6.45) is 2.07. The summed E-state index contributed by atoms with van der Waals surface area (Å²) in [5.74, 6) is 0.713. The summed E-state index contributed by atoms with van der Waals surface area (Å²) in [5, 5.41) is 8.99. The summed E-state index contributed by atoms with van der Waals surface area (Å²) in [5.41, 5.74) is 2.22.